The van der Waals surface area contributed by atoms with Crippen LogP contribution in [0.1, 0.15) is 46.1 Å². The second kappa shape index (κ2) is 5.87. The van der Waals surface area contributed by atoms with E-state index in [1.807, 2.05) is 6.20 Å². The second-order valence-electron chi connectivity index (χ2n) is 8.37. The van der Waals surface area contributed by atoms with Crippen LogP contribution in [-0.2, 0) is 5.41 Å². The topological polar surface area (TPSA) is 42.2 Å². The first-order valence-corrected chi connectivity index (χ1v) is 9.12. The van der Waals surface area contributed by atoms with Gasteiger partial charge in [0.05, 0.1) is 17.6 Å². The fourth-order valence-corrected chi connectivity index (χ4v) is 3.50. The lowest BCUT2D eigenvalue weighted by atomic mass is 9.82. The van der Waals surface area contributed by atoms with Crippen LogP contribution < -0.4 is 5.32 Å². The summed E-state index contributed by atoms with van der Waals surface area (Å²) < 4.78 is 2.15. The lowest BCUT2D eigenvalue weighted by molar-refractivity contribution is 0.308. The Morgan fingerprint density at radius 2 is 1.92 bits per heavy atom. The number of hydrogen-bond donors (Lipinski definition) is 1. The molecule has 1 aliphatic rings. The van der Waals surface area contributed by atoms with Gasteiger partial charge in [-0.15, -0.1) is 0 Å². The van der Waals surface area contributed by atoms with Gasteiger partial charge in [0.2, 0.25) is 0 Å². The van der Waals surface area contributed by atoms with E-state index in [0.29, 0.717) is 6.04 Å². The summed E-state index contributed by atoms with van der Waals surface area (Å²) in [5, 5.41) is 3.55. The molecule has 1 N–H and O–H groups in total. The smallest absolute Gasteiger partial charge is 0.137 e. The highest BCUT2D eigenvalue weighted by Gasteiger charge is 2.25. The average Bonchev–Trinajstić information content (AvgIpc) is 2.96. The van der Waals surface area contributed by atoms with E-state index in [9.17, 15) is 0 Å². The Labute approximate surface area is 149 Å². The Morgan fingerprint density at radius 1 is 1.12 bits per heavy atom. The lowest BCUT2D eigenvalue weighted by Gasteiger charge is -2.33. The van der Waals surface area contributed by atoms with Crippen LogP contribution in [0, 0.1) is 5.92 Å². The third-order valence-electron chi connectivity index (χ3n) is 5.11. The lowest BCUT2D eigenvalue weighted by Crippen LogP contribution is -2.34. The molecule has 130 valence electrons. The van der Waals surface area contributed by atoms with Gasteiger partial charge in [0.25, 0.3) is 0 Å². The molecular weight excluding hydrogens is 308 g/mol. The highest BCUT2D eigenvalue weighted by atomic mass is 15.1. The normalized spacial score (nSPS) is 20.5. The average molecular weight is 334 g/mol. The molecule has 0 aromatic carbocycles. The predicted molar refractivity (Wildman–Crippen MR) is 103 cm³/mol. The zero-order chi connectivity index (χ0) is 17.6. The van der Waals surface area contributed by atoms with Crippen molar-refractivity contribution in [3.8, 4) is 11.4 Å². The maximum Gasteiger partial charge on any atom is 0.137 e. The van der Waals surface area contributed by atoms with E-state index in [1.54, 1.807) is 0 Å². The number of nitrogens with one attached hydrogen (secondary N) is 1. The summed E-state index contributed by atoms with van der Waals surface area (Å²) >= 11 is 0. The number of anilines is 1. The molecule has 0 amide bonds. The van der Waals surface area contributed by atoms with Crippen molar-refractivity contribution in [3.63, 3.8) is 0 Å². The summed E-state index contributed by atoms with van der Waals surface area (Å²) in [6.45, 7) is 8.99. The Bertz CT molecular complexity index is 898. The van der Waals surface area contributed by atoms with Gasteiger partial charge in [-0.2, -0.15) is 0 Å². The highest BCUT2D eigenvalue weighted by Crippen LogP contribution is 2.30. The number of fused-ring (bicyclic) bond motifs is 1. The SMILES string of the molecule is CC1CC(Nc2cccc(-c3cnc4ccc(C(C)(C)C)cn34)n2)C1. The van der Waals surface area contributed by atoms with Crippen LogP contribution in [0.3, 0.4) is 0 Å². The molecule has 3 aromatic heterocycles. The molecule has 1 aliphatic carbocycles. The first-order valence-electron chi connectivity index (χ1n) is 9.12. The molecule has 3 heterocycles. The summed E-state index contributed by atoms with van der Waals surface area (Å²) in [6, 6.07) is 11.0. The van der Waals surface area contributed by atoms with Gasteiger partial charge in [-0.3, -0.25) is 4.40 Å². The third kappa shape index (κ3) is 3.13. The first kappa shape index (κ1) is 16.1. The third-order valence-corrected chi connectivity index (χ3v) is 5.11. The molecule has 1 saturated carbocycles. The number of aromatic nitrogens is 3. The molecule has 3 aromatic rings. The minimum absolute atomic E-state index is 0.105. The molecule has 0 unspecified atom stereocenters. The van der Waals surface area contributed by atoms with Gasteiger partial charge >= 0.3 is 0 Å². The molecule has 0 spiro atoms. The molecule has 0 atom stereocenters. The molecule has 0 radical (unpaired) electrons. The van der Waals surface area contributed by atoms with Gasteiger partial charge in [-0.25, -0.2) is 9.97 Å². The van der Waals surface area contributed by atoms with Gasteiger partial charge in [0, 0.05) is 12.2 Å². The van der Waals surface area contributed by atoms with E-state index < -0.39 is 0 Å². The standard InChI is InChI=1S/C21H26N4/c1-14-10-16(11-14)23-19-7-5-6-17(24-19)18-12-22-20-9-8-15(13-25(18)20)21(2,3)4/h5-9,12-14,16H,10-11H2,1-4H3,(H,23,24). The Morgan fingerprint density at radius 3 is 2.64 bits per heavy atom. The first-order chi connectivity index (χ1) is 11.9. The van der Waals surface area contributed by atoms with Gasteiger partial charge in [-0.05, 0) is 47.9 Å². The maximum atomic E-state index is 4.83. The Balaban J connectivity index is 1.69. The quantitative estimate of drug-likeness (QED) is 0.740. The van der Waals surface area contributed by atoms with Crippen LogP contribution in [0.2, 0.25) is 0 Å². The van der Waals surface area contributed by atoms with Crippen LogP contribution in [0.15, 0.2) is 42.7 Å². The maximum absolute atomic E-state index is 4.83. The van der Waals surface area contributed by atoms with Gasteiger partial charge < -0.3 is 5.32 Å². The molecule has 0 saturated heterocycles. The Kier molecular flexibility index (Phi) is 3.78. The number of pyridine rings is 2. The molecule has 1 fully saturated rings. The number of rotatable bonds is 3. The summed E-state index contributed by atoms with van der Waals surface area (Å²) in [6.07, 6.45) is 6.57. The fourth-order valence-electron chi connectivity index (χ4n) is 3.50. The van der Waals surface area contributed by atoms with E-state index in [0.717, 1.165) is 28.8 Å². The van der Waals surface area contributed by atoms with Crippen molar-refractivity contribution in [1.82, 2.24) is 14.4 Å². The monoisotopic (exact) mass is 334 g/mol. The second-order valence-corrected chi connectivity index (χ2v) is 8.37. The molecule has 0 bridgehead atoms. The minimum Gasteiger partial charge on any atom is -0.367 e. The summed E-state index contributed by atoms with van der Waals surface area (Å²) in [5.74, 6) is 1.78. The van der Waals surface area contributed by atoms with Crippen molar-refractivity contribution in [2.75, 3.05) is 5.32 Å². The number of hydrogen-bond acceptors (Lipinski definition) is 3. The van der Waals surface area contributed by atoms with E-state index in [2.05, 4.69) is 78.9 Å². The number of nitrogens with zero attached hydrogens (tertiary/aromatic N) is 3. The molecule has 25 heavy (non-hydrogen) atoms. The van der Waals surface area contributed by atoms with Crippen molar-refractivity contribution in [2.45, 2.75) is 52.0 Å². The van der Waals surface area contributed by atoms with Gasteiger partial charge in [-0.1, -0.05) is 39.8 Å². The molecule has 4 nitrogen and oxygen atoms in total. The molecule has 4 rings (SSSR count). The summed E-state index contributed by atoms with van der Waals surface area (Å²) in [7, 11) is 0. The van der Waals surface area contributed by atoms with Crippen molar-refractivity contribution < 1.29 is 0 Å². The fraction of sp³-hybridized carbons (Fsp3) is 0.429. The zero-order valence-corrected chi connectivity index (χ0v) is 15.5. The van der Waals surface area contributed by atoms with E-state index in [4.69, 9.17) is 4.98 Å². The molecular formula is C21H26N4. The summed E-state index contributed by atoms with van der Waals surface area (Å²) in [4.78, 5) is 9.38. The van der Waals surface area contributed by atoms with Gasteiger partial charge in [0.15, 0.2) is 0 Å². The molecule has 0 aliphatic heterocycles. The van der Waals surface area contributed by atoms with Crippen molar-refractivity contribution in [3.05, 3.63) is 48.3 Å². The van der Waals surface area contributed by atoms with E-state index >= 15 is 0 Å². The van der Waals surface area contributed by atoms with Crippen LogP contribution in [0.25, 0.3) is 17.0 Å². The highest BCUT2D eigenvalue weighted by molar-refractivity contribution is 5.62. The predicted octanol–water partition coefficient (Wildman–Crippen LogP) is 4.90. The summed E-state index contributed by atoms with van der Waals surface area (Å²) in [5.41, 5.74) is 4.34. The van der Waals surface area contributed by atoms with Crippen LogP contribution in [0.4, 0.5) is 5.82 Å². The van der Waals surface area contributed by atoms with Crippen LogP contribution >= 0.6 is 0 Å². The van der Waals surface area contributed by atoms with Crippen LogP contribution in [-0.4, -0.2) is 20.4 Å². The van der Waals surface area contributed by atoms with Crippen molar-refractivity contribution in [2.24, 2.45) is 5.92 Å². The minimum atomic E-state index is 0.105. The largest absolute Gasteiger partial charge is 0.367 e. The van der Waals surface area contributed by atoms with Crippen molar-refractivity contribution >= 4 is 11.5 Å². The van der Waals surface area contributed by atoms with Crippen molar-refractivity contribution in [1.29, 1.82) is 0 Å². The Hall–Kier alpha value is -2.36. The van der Waals surface area contributed by atoms with Gasteiger partial charge in [0.1, 0.15) is 11.5 Å². The van der Waals surface area contributed by atoms with E-state index in [-0.39, 0.29) is 5.41 Å². The zero-order valence-electron chi connectivity index (χ0n) is 15.5. The number of imidazole rings is 1. The van der Waals surface area contributed by atoms with E-state index in [1.165, 1.54) is 18.4 Å². The molecule has 4 heteroatoms. The van der Waals surface area contributed by atoms with Crippen LogP contribution in [0.5, 0.6) is 0 Å².